The predicted octanol–water partition coefficient (Wildman–Crippen LogP) is 5.67. The summed E-state index contributed by atoms with van der Waals surface area (Å²) in [5.74, 6) is 0.980. The van der Waals surface area contributed by atoms with Crippen molar-refractivity contribution < 1.29 is 4.74 Å². The van der Waals surface area contributed by atoms with Gasteiger partial charge in [0.2, 0.25) is 0 Å². The Morgan fingerprint density at radius 1 is 1.00 bits per heavy atom. The van der Waals surface area contributed by atoms with Gasteiger partial charge in [0, 0.05) is 6.42 Å². The Morgan fingerprint density at radius 3 is 2.30 bits per heavy atom. The van der Waals surface area contributed by atoms with E-state index < -0.39 is 0 Å². The van der Waals surface area contributed by atoms with E-state index in [1.165, 1.54) is 57.8 Å². The van der Waals surface area contributed by atoms with Crippen molar-refractivity contribution in [3.63, 3.8) is 0 Å². The van der Waals surface area contributed by atoms with Gasteiger partial charge in [0.05, 0.1) is 5.54 Å². The Balaban J connectivity index is 1.87. The largest absolute Gasteiger partial charge is 0.478 e. The lowest BCUT2D eigenvalue weighted by molar-refractivity contribution is 0.273. The third kappa shape index (κ3) is 8.39. The maximum absolute atomic E-state index is 5.60. The van der Waals surface area contributed by atoms with Crippen molar-refractivity contribution in [2.45, 2.75) is 90.5 Å². The molecule has 0 aromatic rings. The maximum Gasteiger partial charge on any atom is 0.183 e. The molecule has 0 amide bonds. The van der Waals surface area contributed by atoms with Gasteiger partial charge in [-0.15, -0.1) is 0 Å². The minimum Gasteiger partial charge on any atom is -0.478 e. The third-order valence-corrected chi connectivity index (χ3v) is 3.67. The van der Waals surface area contributed by atoms with Crippen LogP contribution in [0.1, 0.15) is 85.0 Å². The van der Waals surface area contributed by atoms with Gasteiger partial charge in [-0.25, -0.2) is 4.99 Å². The number of unbranched alkanes of at least 4 members (excludes halogenated alkanes) is 7. The first-order chi connectivity index (χ1) is 9.64. The van der Waals surface area contributed by atoms with Gasteiger partial charge in [-0.2, -0.15) is 0 Å². The van der Waals surface area contributed by atoms with E-state index in [4.69, 9.17) is 4.74 Å². The third-order valence-electron chi connectivity index (χ3n) is 3.67. The molecule has 0 N–H and O–H groups in total. The molecule has 0 aliphatic carbocycles. The Hall–Kier alpha value is -0.790. The minimum absolute atomic E-state index is 0.0133. The Morgan fingerprint density at radius 2 is 1.65 bits per heavy atom. The summed E-state index contributed by atoms with van der Waals surface area (Å²) in [5, 5.41) is 0. The van der Waals surface area contributed by atoms with Gasteiger partial charge < -0.3 is 4.74 Å². The Kier molecular flexibility index (Phi) is 8.64. The standard InChI is InChI=1S/C18H33NO/c1-4-5-6-7-8-9-10-11-12-13-14-15-17-19-18(2,3)16-20-17/h7-8H,4-6,9-16H2,1-3H3/b8-7+. The van der Waals surface area contributed by atoms with E-state index in [2.05, 4.69) is 37.9 Å². The van der Waals surface area contributed by atoms with Crippen molar-refractivity contribution in [1.29, 1.82) is 0 Å². The van der Waals surface area contributed by atoms with E-state index in [9.17, 15) is 0 Å². The van der Waals surface area contributed by atoms with Crippen LogP contribution in [0.2, 0.25) is 0 Å². The first kappa shape index (κ1) is 17.3. The highest BCUT2D eigenvalue weighted by atomic mass is 16.5. The SMILES string of the molecule is CCCC/C=C/CCCCCCCC1=NC(C)(C)CO1. The fourth-order valence-corrected chi connectivity index (χ4v) is 2.42. The maximum atomic E-state index is 5.60. The van der Waals surface area contributed by atoms with E-state index in [-0.39, 0.29) is 5.54 Å². The van der Waals surface area contributed by atoms with Crippen LogP contribution in [0.4, 0.5) is 0 Å². The molecule has 1 aliphatic heterocycles. The normalized spacial score (nSPS) is 17.4. The molecule has 0 radical (unpaired) electrons. The van der Waals surface area contributed by atoms with Gasteiger partial charge in [0.1, 0.15) is 6.61 Å². The topological polar surface area (TPSA) is 21.6 Å². The number of ether oxygens (including phenoxy) is 1. The highest BCUT2D eigenvalue weighted by Crippen LogP contribution is 2.19. The van der Waals surface area contributed by atoms with Gasteiger partial charge in [0.25, 0.3) is 0 Å². The molecule has 0 aromatic heterocycles. The van der Waals surface area contributed by atoms with Crippen LogP contribution in [0.3, 0.4) is 0 Å². The smallest absolute Gasteiger partial charge is 0.183 e. The highest BCUT2D eigenvalue weighted by Gasteiger charge is 2.25. The molecule has 1 rings (SSSR count). The van der Waals surface area contributed by atoms with Crippen LogP contribution in [-0.2, 0) is 4.74 Å². The number of rotatable bonds is 11. The second-order valence-electron chi connectivity index (χ2n) is 6.53. The van der Waals surface area contributed by atoms with E-state index in [1.807, 2.05) is 0 Å². The second-order valence-corrected chi connectivity index (χ2v) is 6.53. The zero-order valence-electron chi connectivity index (χ0n) is 13.8. The summed E-state index contributed by atoms with van der Waals surface area (Å²) in [5.41, 5.74) is 0.0133. The minimum atomic E-state index is 0.0133. The van der Waals surface area contributed by atoms with Gasteiger partial charge in [-0.1, -0.05) is 51.2 Å². The number of nitrogens with zero attached hydrogens (tertiary/aromatic N) is 1. The Bertz CT molecular complexity index is 305. The molecule has 2 heteroatoms. The average molecular weight is 279 g/mol. The molecular weight excluding hydrogens is 246 g/mol. The quantitative estimate of drug-likeness (QED) is 0.352. The van der Waals surface area contributed by atoms with Crippen LogP contribution in [-0.4, -0.2) is 18.0 Å². The summed E-state index contributed by atoms with van der Waals surface area (Å²) in [6, 6.07) is 0. The van der Waals surface area contributed by atoms with Crippen LogP contribution in [0.15, 0.2) is 17.1 Å². The summed E-state index contributed by atoms with van der Waals surface area (Å²) in [6.07, 6.45) is 17.5. The van der Waals surface area contributed by atoms with Crippen LogP contribution in [0, 0.1) is 0 Å². The van der Waals surface area contributed by atoms with E-state index >= 15 is 0 Å². The molecule has 0 spiro atoms. The average Bonchev–Trinajstić information content (AvgIpc) is 2.75. The Labute approximate surface area is 125 Å². The van der Waals surface area contributed by atoms with Gasteiger partial charge in [-0.05, 0) is 39.5 Å². The second kappa shape index (κ2) is 10.0. The molecule has 0 unspecified atom stereocenters. The van der Waals surface area contributed by atoms with Gasteiger partial charge in [-0.3, -0.25) is 0 Å². The van der Waals surface area contributed by atoms with Crippen molar-refractivity contribution >= 4 is 5.90 Å². The summed E-state index contributed by atoms with van der Waals surface area (Å²) < 4.78 is 5.60. The van der Waals surface area contributed by atoms with Crippen LogP contribution in [0.25, 0.3) is 0 Å². The van der Waals surface area contributed by atoms with Crippen molar-refractivity contribution in [1.82, 2.24) is 0 Å². The van der Waals surface area contributed by atoms with Gasteiger partial charge in [0.15, 0.2) is 5.90 Å². The molecule has 20 heavy (non-hydrogen) atoms. The lowest BCUT2D eigenvalue weighted by Crippen LogP contribution is -2.17. The fourth-order valence-electron chi connectivity index (χ4n) is 2.42. The highest BCUT2D eigenvalue weighted by molar-refractivity contribution is 5.78. The molecule has 2 nitrogen and oxygen atoms in total. The summed E-state index contributed by atoms with van der Waals surface area (Å²) in [4.78, 5) is 4.59. The zero-order valence-corrected chi connectivity index (χ0v) is 13.8. The van der Waals surface area contributed by atoms with Crippen molar-refractivity contribution in [3.8, 4) is 0 Å². The molecule has 1 heterocycles. The molecule has 0 atom stereocenters. The summed E-state index contributed by atoms with van der Waals surface area (Å²) in [6.45, 7) is 7.27. The van der Waals surface area contributed by atoms with Crippen LogP contribution < -0.4 is 0 Å². The number of hydrogen-bond donors (Lipinski definition) is 0. The molecule has 0 aromatic carbocycles. The number of allylic oxidation sites excluding steroid dienone is 2. The zero-order chi connectivity index (χ0) is 14.7. The molecule has 0 saturated heterocycles. The van der Waals surface area contributed by atoms with E-state index in [1.54, 1.807) is 0 Å². The lowest BCUT2D eigenvalue weighted by Gasteiger charge is -2.07. The van der Waals surface area contributed by atoms with Crippen molar-refractivity contribution in [3.05, 3.63) is 12.2 Å². The number of aliphatic imine (C=N–C) groups is 1. The monoisotopic (exact) mass is 279 g/mol. The molecule has 0 fully saturated rings. The van der Waals surface area contributed by atoms with Crippen molar-refractivity contribution in [2.75, 3.05) is 6.61 Å². The first-order valence-electron chi connectivity index (χ1n) is 8.50. The molecule has 0 bridgehead atoms. The van der Waals surface area contributed by atoms with E-state index in [0.717, 1.165) is 18.9 Å². The summed E-state index contributed by atoms with van der Waals surface area (Å²) in [7, 11) is 0. The van der Waals surface area contributed by atoms with Crippen molar-refractivity contribution in [2.24, 2.45) is 4.99 Å². The first-order valence-corrected chi connectivity index (χ1v) is 8.50. The fraction of sp³-hybridized carbons (Fsp3) is 0.833. The molecule has 116 valence electrons. The van der Waals surface area contributed by atoms with E-state index in [0.29, 0.717) is 0 Å². The predicted molar refractivity (Wildman–Crippen MR) is 88.5 cm³/mol. The number of hydrogen-bond acceptors (Lipinski definition) is 2. The molecule has 0 saturated carbocycles. The summed E-state index contributed by atoms with van der Waals surface area (Å²) >= 11 is 0. The molecular formula is C18H33NO. The van der Waals surface area contributed by atoms with Crippen LogP contribution in [0.5, 0.6) is 0 Å². The lowest BCUT2D eigenvalue weighted by atomic mass is 10.1. The van der Waals surface area contributed by atoms with Gasteiger partial charge >= 0.3 is 0 Å². The molecule has 1 aliphatic rings. The van der Waals surface area contributed by atoms with Crippen LogP contribution >= 0.6 is 0 Å².